The number of hydrogen-bond acceptors (Lipinski definition) is 3. The minimum atomic E-state index is -0.898. The molecular formula is C13H13ClNO2S-. The highest BCUT2D eigenvalue weighted by atomic mass is 35.5. The first-order chi connectivity index (χ1) is 8.15. The molecule has 18 heavy (non-hydrogen) atoms. The maximum absolute atomic E-state index is 10.7. The quantitative estimate of drug-likeness (QED) is 0.852. The third-order valence-electron chi connectivity index (χ3n) is 2.39. The van der Waals surface area contributed by atoms with Gasteiger partial charge in [0.2, 0.25) is 0 Å². The number of aromatic carboxylic acids is 1. The zero-order valence-corrected chi connectivity index (χ0v) is 11.4. The maximum Gasteiger partial charge on any atom is 0.335 e. The third-order valence-corrected chi connectivity index (χ3v) is 3.40. The van der Waals surface area contributed by atoms with Gasteiger partial charge in [-0.05, 0) is 43.3 Å². The van der Waals surface area contributed by atoms with E-state index in [-0.39, 0.29) is 12.4 Å². The number of benzene rings is 1. The zero-order chi connectivity index (χ0) is 12.3. The van der Waals surface area contributed by atoms with E-state index in [1.54, 1.807) is 35.6 Å². The first-order valence-corrected chi connectivity index (χ1v) is 6.09. The first-order valence-electron chi connectivity index (χ1n) is 5.28. The summed E-state index contributed by atoms with van der Waals surface area (Å²) in [5, 5.41) is 12.0. The van der Waals surface area contributed by atoms with E-state index in [1.807, 2.05) is 0 Å². The van der Waals surface area contributed by atoms with E-state index in [4.69, 9.17) is 5.11 Å². The predicted octanol–water partition coefficient (Wildman–Crippen LogP) is 0.371. The van der Waals surface area contributed by atoms with Crippen LogP contribution in [0.2, 0.25) is 0 Å². The number of carboxylic acids is 1. The summed E-state index contributed by atoms with van der Waals surface area (Å²) < 4.78 is 0. The Balaban J connectivity index is 0.00000162. The van der Waals surface area contributed by atoms with Crippen molar-refractivity contribution in [2.24, 2.45) is 0 Å². The average molecular weight is 283 g/mol. The molecule has 0 atom stereocenters. The van der Waals surface area contributed by atoms with Crippen LogP contribution >= 0.6 is 11.3 Å². The molecule has 0 saturated heterocycles. The molecule has 2 N–H and O–H groups in total. The van der Waals surface area contributed by atoms with Gasteiger partial charge in [0.05, 0.1) is 5.56 Å². The Labute approximate surface area is 116 Å². The van der Waals surface area contributed by atoms with Crippen LogP contribution in [0.4, 0.5) is 5.69 Å². The van der Waals surface area contributed by atoms with Crippen LogP contribution in [0, 0.1) is 6.92 Å². The molecule has 1 aromatic heterocycles. The van der Waals surface area contributed by atoms with Crippen molar-refractivity contribution in [3.63, 3.8) is 0 Å². The summed E-state index contributed by atoms with van der Waals surface area (Å²) >= 11 is 1.76. The van der Waals surface area contributed by atoms with Gasteiger partial charge < -0.3 is 22.8 Å². The minimum absolute atomic E-state index is 0. The van der Waals surface area contributed by atoms with Gasteiger partial charge in [0.1, 0.15) is 0 Å². The predicted molar refractivity (Wildman–Crippen MR) is 69.8 cm³/mol. The summed E-state index contributed by atoms with van der Waals surface area (Å²) in [5.41, 5.74) is 1.24. The fourth-order valence-corrected chi connectivity index (χ4v) is 2.33. The monoisotopic (exact) mass is 282 g/mol. The summed E-state index contributed by atoms with van der Waals surface area (Å²) in [5.74, 6) is -0.898. The molecule has 0 aliphatic rings. The van der Waals surface area contributed by atoms with Gasteiger partial charge in [0, 0.05) is 22.0 Å². The Bertz CT molecular complexity index is 522. The fraction of sp³-hybridized carbons (Fsp3) is 0.154. The smallest absolute Gasteiger partial charge is 0.335 e. The lowest BCUT2D eigenvalue weighted by Crippen LogP contribution is -3.00. The lowest BCUT2D eigenvalue weighted by molar-refractivity contribution is -0.0000189. The van der Waals surface area contributed by atoms with E-state index in [2.05, 4.69) is 24.4 Å². The second-order valence-electron chi connectivity index (χ2n) is 3.75. The summed E-state index contributed by atoms with van der Waals surface area (Å²) in [6.45, 7) is 2.85. The van der Waals surface area contributed by atoms with Gasteiger partial charge in [-0.2, -0.15) is 0 Å². The van der Waals surface area contributed by atoms with Crippen LogP contribution < -0.4 is 17.7 Å². The number of thiophene rings is 1. The van der Waals surface area contributed by atoms with Crippen LogP contribution in [0.3, 0.4) is 0 Å². The number of nitrogens with one attached hydrogen (secondary N) is 1. The molecule has 2 aromatic rings. The number of carbonyl (C=O) groups is 1. The molecule has 3 nitrogen and oxygen atoms in total. The standard InChI is InChI=1S/C13H13NO2S.ClH/c1-9-2-7-12(17-9)8-14-11-5-3-10(4-6-11)13(15)16;/h2-7,14H,8H2,1H3,(H,15,16);1H/p-1. The summed E-state index contributed by atoms with van der Waals surface area (Å²) in [7, 11) is 0. The van der Waals surface area contributed by atoms with Crippen molar-refractivity contribution in [2.45, 2.75) is 13.5 Å². The summed E-state index contributed by atoms with van der Waals surface area (Å²) in [4.78, 5) is 13.2. The van der Waals surface area contributed by atoms with Crippen LogP contribution in [-0.2, 0) is 6.54 Å². The van der Waals surface area contributed by atoms with E-state index in [1.165, 1.54) is 9.75 Å². The Hall–Kier alpha value is -1.52. The molecule has 0 unspecified atom stereocenters. The van der Waals surface area contributed by atoms with Crippen molar-refractivity contribution in [3.05, 3.63) is 51.7 Å². The second kappa shape index (κ2) is 6.42. The topological polar surface area (TPSA) is 49.3 Å². The Morgan fingerprint density at radius 1 is 1.22 bits per heavy atom. The van der Waals surface area contributed by atoms with E-state index >= 15 is 0 Å². The highest BCUT2D eigenvalue weighted by Gasteiger charge is 2.01. The Kier molecular flexibility index (Phi) is 5.19. The number of rotatable bonds is 4. The summed E-state index contributed by atoms with van der Waals surface area (Å²) in [6, 6.07) is 11.0. The van der Waals surface area contributed by atoms with Gasteiger partial charge >= 0.3 is 5.97 Å². The fourth-order valence-electron chi connectivity index (χ4n) is 1.50. The molecule has 0 spiro atoms. The van der Waals surface area contributed by atoms with Crippen molar-refractivity contribution < 1.29 is 22.3 Å². The van der Waals surface area contributed by atoms with Crippen LogP contribution in [0.25, 0.3) is 0 Å². The molecule has 1 aromatic carbocycles. The van der Waals surface area contributed by atoms with E-state index < -0.39 is 5.97 Å². The largest absolute Gasteiger partial charge is 1.00 e. The van der Waals surface area contributed by atoms with Crippen LogP contribution in [0.1, 0.15) is 20.1 Å². The lowest BCUT2D eigenvalue weighted by Gasteiger charge is -2.04. The molecule has 0 aliphatic heterocycles. The van der Waals surface area contributed by atoms with Gasteiger partial charge in [-0.25, -0.2) is 4.79 Å². The highest BCUT2D eigenvalue weighted by Crippen LogP contribution is 2.17. The normalized spacial score (nSPS) is 9.61. The van der Waals surface area contributed by atoms with Crippen molar-refractivity contribution in [2.75, 3.05) is 5.32 Å². The average Bonchev–Trinajstić information content (AvgIpc) is 2.73. The molecule has 0 aliphatic carbocycles. The highest BCUT2D eigenvalue weighted by molar-refractivity contribution is 7.11. The van der Waals surface area contributed by atoms with Crippen molar-refractivity contribution in [3.8, 4) is 0 Å². The Morgan fingerprint density at radius 2 is 1.89 bits per heavy atom. The molecule has 0 amide bonds. The number of aryl methyl sites for hydroxylation is 1. The SMILES string of the molecule is Cc1ccc(CNc2ccc(C(=O)O)cc2)s1.[Cl-]. The maximum atomic E-state index is 10.7. The molecule has 2 rings (SSSR count). The van der Waals surface area contributed by atoms with Gasteiger partial charge in [0.25, 0.3) is 0 Å². The summed E-state index contributed by atoms with van der Waals surface area (Å²) in [6.07, 6.45) is 0. The lowest BCUT2D eigenvalue weighted by atomic mass is 10.2. The molecule has 96 valence electrons. The second-order valence-corrected chi connectivity index (χ2v) is 5.12. The van der Waals surface area contributed by atoms with Gasteiger partial charge in [-0.3, -0.25) is 0 Å². The Morgan fingerprint density at radius 3 is 2.39 bits per heavy atom. The van der Waals surface area contributed by atoms with Crippen LogP contribution in [0.5, 0.6) is 0 Å². The van der Waals surface area contributed by atoms with E-state index in [0.29, 0.717) is 5.56 Å². The number of anilines is 1. The van der Waals surface area contributed by atoms with Crippen molar-refractivity contribution >= 4 is 23.0 Å². The van der Waals surface area contributed by atoms with E-state index in [9.17, 15) is 4.79 Å². The van der Waals surface area contributed by atoms with Gasteiger partial charge in [-0.1, -0.05) is 0 Å². The number of hydrogen-bond donors (Lipinski definition) is 2. The zero-order valence-electron chi connectivity index (χ0n) is 9.81. The van der Waals surface area contributed by atoms with Crippen LogP contribution in [0.15, 0.2) is 36.4 Å². The molecule has 0 bridgehead atoms. The first kappa shape index (κ1) is 14.5. The molecule has 0 radical (unpaired) electrons. The van der Waals surface area contributed by atoms with Crippen LogP contribution in [-0.4, -0.2) is 11.1 Å². The number of carboxylic acid groups (broad SMARTS) is 1. The molecule has 5 heteroatoms. The minimum Gasteiger partial charge on any atom is -1.00 e. The molecular weight excluding hydrogens is 270 g/mol. The van der Waals surface area contributed by atoms with Crippen molar-refractivity contribution in [1.29, 1.82) is 0 Å². The van der Waals surface area contributed by atoms with Crippen molar-refractivity contribution in [1.82, 2.24) is 0 Å². The van der Waals surface area contributed by atoms with Gasteiger partial charge in [0.15, 0.2) is 0 Å². The molecule has 0 fully saturated rings. The molecule has 0 saturated carbocycles. The number of halogens is 1. The molecule has 1 heterocycles. The van der Waals surface area contributed by atoms with E-state index in [0.717, 1.165) is 12.2 Å². The third kappa shape index (κ3) is 3.75. The van der Waals surface area contributed by atoms with Gasteiger partial charge in [-0.15, -0.1) is 11.3 Å².